The SMILES string of the molecule is CC(C)Oc1cccc([P](=O)c2ccccc2)c1. The minimum Gasteiger partial charge on any atom is -0.491 e. The van der Waals surface area contributed by atoms with Gasteiger partial charge in [0.05, 0.1) is 6.10 Å². The molecule has 1 unspecified atom stereocenters. The molecule has 1 radical (unpaired) electrons. The minimum absolute atomic E-state index is 0.120. The summed E-state index contributed by atoms with van der Waals surface area (Å²) in [6.07, 6.45) is 0.120. The third kappa shape index (κ3) is 3.18. The molecule has 0 N–H and O–H groups in total. The Labute approximate surface area is 108 Å². The van der Waals surface area contributed by atoms with E-state index in [9.17, 15) is 4.57 Å². The maximum atomic E-state index is 12.4. The quantitative estimate of drug-likeness (QED) is 0.788. The predicted molar refractivity (Wildman–Crippen MR) is 75.5 cm³/mol. The lowest BCUT2D eigenvalue weighted by Crippen LogP contribution is -2.09. The summed E-state index contributed by atoms with van der Waals surface area (Å²) in [5.41, 5.74) is 0. The van der Waals surface area contributed by atoms with E-state index in [1.165, 1.54) is 0 Å². The van der Waals surface area contributed by atoms with E-state index in [1.807, 2.05) is 68.4 Å². The fraction of sp³-hybridized carbons (Fsp3) is 0.200. The van der Waals surface area contributed by atoms with Crippen LogP contribution in [-0.2, 0) is 4.57 Å². The van der Waals surface area contributed by atoms with Crippen molar-refractivity contribution in [3.63, 3.8) is 0 Å². The maximum absolute atomic E-state index is 12.4. The van der Waals surface area contributed by atoms with Crippen LogP contribution in [0.15, 0.2) is 54.6 Å². The van der Waals surface area contributed by atoms with E-state index in [1.54, 1.807) is 0 Å². The van der Waals surface area contributed by atoms with Crippen molar-refractivity contribution in [2.45, 2.75) is 20.0 Å². The van der Waals surface area contributed by atoms with Crippen LogP contribution in [0.3, 0.4) is 0 Å². The molecule has 0 aliphatic heterocycles. The van der Waals surface area contributed by atoms with Crippen LogP contribution in [0.5, 0.6) is 5.75 Å². The second-order valence-corrected chi connectivity index (χ2v) is 5.92. The number of rotatable bonds is 4. The molecule has 3 heteroatoms. The normalized spacial score (nSPS) is 11.4. The van der Waals surface area contributed by atoms with Gasteiger partial charge in [-0.05, 0) is 44.2 Å². The van der Waals surface area contributed by atoms with Gasteiger partial charge in [0, 0.05) is 10.6 Å². The molecule has 2 rings (SSSR count). The van der Waals surface area contributed by atoms with Gasteiger partial charge in [-0.3, -0.25) is 4.57 Å². The first kappa shape index (κ1) is 12.8. The number of hydrogen-bond donors (Lipinski definition) is 0. The molecule has 0 aliphatic carbocycles. The van der Waals surface area contributed by atoms with Crippen molar-refractivity contribution >= 4 is 18.4 Å². The summed E-state index contributed by atoms with van der Waals surface area (Å²) in [6.45, 7) is 3.95. The zero-order valence-electron chi connectivity index (χ0n) is 10.5. The molecule has 0 amide bonds. The molecular weight excluding hydrogens is 243 g/mol. The van der Waals surface area contributed by atoms with Gasteiger partial charge in [0.25, 0.3) is 0 Å². The van der Waals surface area contributed by atoms with Crippen molar-refractivity contribution in [2.75, 3.05) is 0 Å². The molecule has 0 bridgehead atoms. The van der Waals surface area contributed by atoms with Crippen LogP contribution >= 0.6 is 7.80 Å². The molecule has 2 aromatic rings. The Hall–Kier alpha value is -1.66. The van der Waals surface area contributed by atoms with Crippen LogP contribution in [0.25, 0.3) is 0 Å². The molecule has 0 aromatic heterocycles. The van der Waals surface area contributed by atoms with Gasteiger partial charge in [0.1, 0.15) is 13.6 Å². The third-order valence-electron chi connectivity index (χ3n) is 2.41. The first-order valence-corrected chi connectivity index (χ1v) is 7.22. The first-order chi connectivity index (χ1) is 8.66. The van der Waals surface area contributed by atoms with Gasteiger partial charge in [-0.2, -0.15) is 0 Å². The summed E-state index contributed by atoms with van der Waals surface area (Å²) < 4.78 is 18.0. The highest BCUT2D eigenvalue weighted by molar-refractivity contribution is 7.61. The smallest absolute Gasteiger partial charge is 0.136 e. The van der Waals surface area contributed by atoms with Gasteiger partial charge in [-0.1, -0.05) is 24.3 Å². The lowest BCUT2D eigenvalue weighted by molar-refractivity contribution is 0.242. The van der Waals surface area contributed by atoms with Crippen molar-refractivity contribution < 1.29 is 9.30 Å². The van der Waals surface area contributed by atoms with Crippen LogP contribution in [0.1, 0.15) is 13.8 Å². The van der Waals surface area contributed by atoms with E-state index in [0.717, 1.165) is 16.4 Å². The van der Waals surface area contributed by atoms with E-state index in [4.69, 9.17) is 4.74 Å². The second-order valence-electron chi connectivity index (χ2n) is 4.29. The van der Waals surface area contributed by atoms with Crippen molar-refractivity contribution in [2.24, 2.45) is 0 Å². The molecular formula is C15H16O2P. The Morgan fingerprint density at radius 2 is 1.61 bits per heavy atom. The Morgan fingerprint density at radius 3 is 2.28 bits per heavy atom. The summed E-state index contributed by atoms with van der Waals surface area (Å²) in [5.74, 6) is 0.766. The van der Waals surface area contributed by atoms with Gasteiger partial charge in [-0.25, -0.2) is 0 Å². The van der Waals surface area contributed by atoms with Gasteiger partial charge < -0.3 is 4.74 Å². The van der Waals surface area contributed by atoms with Gasteiger partial charge in [0.2, 0.25) is 0 Å². The van der Waals surface area contributed by atoms with Crippen LogP contribution < -0.4 is 15.3 Å². The molecule has 0 fully saturated rings. The molecule has 2 nitrogen and oxygen atoms in total. The Morgan fingerprint density at radius 1 is 0.944 bits per heavy atom. The van der Waals surface area contributed by atoms with Crippen LogP contribution in [-0.4, -0.2) is 6.10 Å². The van der Waals surface area contributed by atoms with Crippen molar-refractivity contribution in [1.29, 1.82) is 0 Å². The fourth-order valence-corrected chi connectivity index (χ4v) is 2.87. The summed E-state index contributed by atoms with van der Waals surface area (Å²) in [6, 6.07) is 17.0. The van der Waals surface area contributed by atoms with Crippen molar-refractivity contribution in [3.8, 4) is 5.75 Å². The lowest BCUT2D eigenvalue weighted by atomic mass is 10.3. The molecule has 0 spiro atoms. The summed E-state index contributed by atoms with van der Waals surface area (Å²) in [7, 11) is -1.54. The zero-order valence-corrected chi connectivity index (χ0v) is 11.4. The van der Waals surface area contributed by atoms with Gasteiger partial charge in [-0.15, -0.1) is 0 Å². The monoisotopic (exact) mass is 259 g/mol. The Kier molecular flexibility index (Phi) is 4.11. The highest BCUT2D eigenvalue weighted by atomic mass is 31.1. The number of benzene rings is 2. The largest absolute Gasteiger partial charge is 0.491 e. The maximum Gasteiger partial charge on any atom is 0.136 e. The second kappa shape index (κ2) is 5.79. The van der Waals surface area contributed by atoms with E-state index in [0.29, 0.717) is 0 Å². The highest BCUT2D eigenvalue weighted by Gasteiger charge is 2.08. The van der Waals surface area contributed by atoms with Crippen LogP contribution in [0, 0.1) is 0 Å². The fourth-order valence-electron chi connectivity index (χ4n) is 1.67. The molecule has 1 atom stereocenters. The lowest BCUT2D eigenvalue weighted by Gasteiger charge is -2.10. The van der Waals surface area contributed by atoms with E-state index < -0.39 is 7.80 Å². The minimum atomic E-state index is -1.54. The average Bonchev–Trinajstić information content (AvgIpc) is 2.38. The average molecular weight is 259 g/mol. The summed E-state index contributed by atoms with van der Waals surface area (Å²) >= 11 is 0. The van der Waals surface area contributed by atoms with E-state index >= 15 is 0 Å². The van der Waals surface area contributed by atoms with Crippen molar-refractivity contribution in [1.82, 2.24) is 0 Å². The van der Waals surface area contributed by atoms with Gasteiger partial charge in [0.15, 0.2) is 0 Å². The molecule has 2 aromatic carbocycles. The molecule has 0 saturated heterocycles. The molecule has 18 heavy (non-hydrogen) atoms. The van der Waals surface area contributed by atoms with Crippen LogP contribution in [0.2, 0.25) is 0 Å². The standard InChI is InChI=1S/C15H16O2P/c1-12(2)17-13-7-6-10-15(11-13)18(16)14-8-4-3-5-9-14/h3-12H,1-2H3. The molecule has 0 aliphatic rings. The summed E-state index contributed by atoms with van der Waals surface area (Å²) in [5, 5.41) is 1.64. The van der Waals surface area contributed by atoms with Crippen LogP contribution in [0.4, 0.5) is 0 Å². The molecule has 93 valence electrons. The zero-order chi connectivity index (χ0) is 13.0. The number of ether oxygens (including phenoxy) is 1. The van der Waals surface area contributed by atoms with E-state index in [2.05, 4.69) is 0 Å². The first-order valence-electron chi connectivity index (χ1n) is 5.96. The van der Waals surface area contributed by atoms with E-state index in [-0.39, 0.29) is 6.10 Å². The summed E-state index contributed by atoms with van der Waals surface area (Å²) in [4.78, 5) is 0. The topological polar surface area (TPSA) is 26.3 Å². The molecule has 0 heterocycles. The third-order valence-corrected chi connectivity index (χ3v) is 3.93. The Bertz CT molecular complexity index is 535. The number of hydrogen-bond acceptors (Lipinski definition) is 2. The van der Waals surface area contributed by atoms with Gasteiger partial charge >= 0.3 is 0 Å². The van der Waals surface area contributed by atoms with Crippen molar-refractivity contribution in [3.05, 3.63) is 54.6 Å². The molecule has 0 saturated carbocycles. The highest BCUT2D eigenvalue weighted by Crippen LogP contribution is 2.22. The predicted octanol–water partition coefficient (Wildman–Crippen LogP) is 3.25. The Balaban J connectivity index is 2.26.